The van der Waals surface area contributed by atoms with Crippen molar-refractivity contribution in [3.05, 3.63) is 34.4 Å². The molecule has 0 aliphatic carbocycles. The van der Waals surface area contributed by atoms with Crippen molar-refractivity contribution in [3.63, 3.8) is 0 Å². The van der Waals surface area contributed by atoms with Gasteiger partial charge in [0.1, 0.15) is 0 Å². The number of carbonyl (C=O) groups is 1. The highest BCUT2D eigenvalue weighted by Gasteiger charge is 2.12. The molecule has 0 radical (unpaired) electrons. The third-order valence-corrected chi connectivity index (χ3v) is 2.53. The highest BCUT2D eigenvalue weighted by Crippen LogP contribution is 2.25. The molecule has 0 unspecified atom stereocenters. The maximum atomic E-state index is 10.8. The first-order chi connectivity index (χ1) is 9.15. The third kappa shape index (κ3) is 5.35. The summed E-state index contributed by atoms with van der Waals surface area (Å²) in [6, 6.07) is 6.26. The van der Waals surface area contributed by atoms with Gasteiger partial charge in [-0.15, -0.1) is 0 Å². The van der Waals surface area contributed by atoms with Crippen LogP contribution in [0.3, 0.4) is 0 Å². The molecule has 1 aromatic carbocycles. The molecule has 0 saturated heterocycles. The number of nitrogens with zero attached hydrogens (tertiary/aromatic N) is 1. The molecule has 0 bridgehead atoms. The summed E-state index contributed by atoms with van der Waals surface area (Å²) in [5.74, 6) is 5.02. The fraction of sp³-hybridized carbons (Fsp3) is 0.417. The fourth-order valence-electron chi connectivity index (χ4n) is 1.55. The summed E-state index contributed by atoms with van der Waals surface area (Å²) < 4.78 is 5.36. The van der Waals surface area contributed by atoms with E-state index in [2.05, 4.69) is 5.43 Å². The third-order valence-electron chi connectivity index (χ3n) is 2.53. The largest absolute Gasteiger partial charge is 0.487 e. The SMILES string of the molecule is NNC(=O)CCCCCOc1ccccc1[N+](=O)[O-]. The molecule has 0 aliphatic heterocycles. The van der Waals surface area contributed by atoms with Crippen molar-refractivity contribution in [1.29, 1.82) is 0 Å². The number of rotatable bonds is 8. The summed E-state index contributed by atoms with van der Waals surface area (Å²) in [5, 5.41) is 10.7. The Kier molecular flexibility index (Phi) is 6.31. The van der Waals surface area contributed by atoms with Crippen LogP contribution in [0, 0.1) is 10.1 Å². The molecule has 1 amide bonds. The number of carbonyl (C=O) groups excluding carboxylic acids is 1. The van der Waals surface area contributed by atoms with Gasteiger partial charge in [0, 0.05) is 12.5 Å². The highest BCUT2D eigenvalue weighted by molar-refractivity contribution is 5.75. The number of unbranched alkanes of at least 4 members (excludes halogenated alkanes) is 2. The average Bonchev–Trinajstić information content (AvgIpc) is 2.42. The number of nitro benzene ring substituents is 1. The number of amides is 1. The molecular weight excluding hydrogens is 250 g/mol. The Balaban J connectivity index is 2.26. The Labute approximate surface area is 110 Å². The van der Waals surface area contributed by atoms with Crippen LogP contribution in [0.4, 0.5) is 5.69 Å². The summed E-state index contributed by atoms with van der Waals surface area (Å²) in [6.45, 7) is 0.384. The van der Waals surface area contributed by atoms with Crippen LogP contribution in [0.1, 0.15) is 25.7 Å². The van der Waals surface area contributed by atoms with E-state index in [0.717, 1.165) is 12.8 Å². The molecule has 0 saturated carbocycles. The van der Waals surface area contributed by atoms with Crippen LogP contribution < -0.4 is 16.0 Å². The summed E-state index contributed by atoms with van der Waals surface area (Å²) in [5.41, 5.74) is 2.02. The normalized spacial score (nSPS) is 9.95. The topological polar surface area (TPSA) is 107 Å². The van der Waals surface area contributed by atoms with Gasteiger partial charge < -0.3 is 4.74 Å². The van der Waals surface area contributed by atoms with Gasteiger partial charge >= 0.3 is 5.69 Å². The monoisotopic (exact) mass is 267 g/mol. The number of hydrogen-bond donors (Lipinski definition) is 2. The van der Waals surface area contributed by atoms with Crippen molar-refractivity contribution < 1.29 is 14.5 Å². The van der Waals surface area contributed by atoms with Crippen molar-refractivity contribution in [1.82, 2.24) is 5.43 Å². The number of hydrogen-bond acceptors (Lipinski definition) is 5. The number of nitrogens with one attached hydrogen (secondary N) is 1. The van der Waals surface area contributed by atoms with Crippen molar-refractivity contribution in [2.45, 2.75) is 25.7 Å². The maximum Gasteiger partial charge on any atom is 0.310 e. The van der Waals surface area contributed by atoms with Gasteiger partial charge in [0.2, 0.25) is 5.91 Å². The van der Waals surface area contributed by atoms with E-state index >= 15 is 0 Å². The van der Waals surface area contributed by atoms with Gasteiger partial charge in [-0.25, -0.2) is 5.84 Å². The zero-order valence-corrected chi connectivity index (χ0v) is 10.5. The first-order valence-corrected chi connectivity index (χ1v) is 6.01. The molecule has 0 fully saturated rings. The lowest BCUT2D eigenvalue weighted by Gasteiger charge is -2.06. The van der Waals surface area contributed by atoms with Crippen LogP contribution in [0.15, 0.2) is 24.3 Å². The molecule has 0 aliphatic rings. The molecule has 0 atom stereocenters. The standard InChI is InChI=1S/C12H17N3O4/c13-14-12(16)8-2-1-5-9-19-11-7-4-3-6-10(11)15(17)18/h3-4,6-7H,1-2,5,8-9,13H2,(H,14,16). The molecule has 1 rings (SSSR count). The van der Waals surface area contributed by atoms with E-state index in [4.69, 9.17) is 10.6 Å². The van der Waals surface area contributed by atoms with Gasteiger partial charge in [-0.1, -0.05) is 12.1 Å². The molecule has 0 spiro atoms. The quantitative estimate of drug-likeness (QED) is 0.244. The van der Waals surface area contributed by atoms with E-state index in [9.17, 15) is 14.9 Å². The summed E-state index contributed by atoms with van der Waals surface area (Å²) in [4.78, 5) is 21.1. The number of hydrazine groups is 1. The molecular formula is C12H17N3O4. The molecule has 0 aromatic heterocycles. The molecule has 1 aromatic rings. The fourth-order valence-corrected chi connectivity index (χ4v) is 1.55. The van der Waals surface area contributed by atoms with Crippen molar-refractivity contribution in [3.8, 4) is 5.75 Å². The first-order valence-electron chi connectivity index (χ1n) is 6.01. The van der Waals surface area contributed by atoms with Crippen LogP contribution in [-0.4, -0.2) is 17.4 Å². The van der Waals surface area contributed by atoms with Crippen LogP contribution >= 0.6 is 0 Å². The second-order valence-electron chi connectivity index (χ2n) is 3.95. The van der Waals surface area contributed by atoms with Gasteiger partial charge in [0.25, 0.3) is 0 Å². The number of nitro groups is 1. The summed E-state index contributed by atoms with van der Waals surface area (Å²) in [6.07, 6.45) is 2.61. The van der Waals surface area contributed by atoms with Crippen molar-refractivity contribution in [2.75, 3.05) is 6.61 Å². The zero-order valence-electron chi connectivity index (χ0n) is 10.5. The number of benzene rings is 1. The smallest absolute Gasteiger partial charge is 0.310 e. The number of ether oxygens (including phenoxy) is 1. The Morgan fingerprint density at radius 2 is 2.05 bits per heavy atom. The van der Waals surface area contributed by atoms with Crippen LogP contribution in [-0.2, 0) is 4.79 Å². The zero-order chi connectivity index (χ0) is 14.1. The van der Waals surface area contributed by atoms with Gasteiger partial charge in [-0.05, 0) is 25.3 Å². The highest BCUT2D eigenvalue weighted by atomic mass is 16.6. The van der Waals surface area contributed by atoms with Gasteiger partial charge in [0.15, 0.2) is 5.75 Å². The molecule has 104 valence electrons. The molecule has 0 heterocycles. The lowest BCUT2D eigenvalue weighted by molar-refractivity contribution is -0.385. The summed E-state index contributed by atoms with van der Waals surface area (Å²) >= 11 is 0. The minimum Gasteiger partial charge on any atom is -0.487 e. The van der Waals surface area contributed by atoms with E-state index < -0.39 is 4.92 Å². The Bertz CT molecular complexity index is 437. The van der Waals surface area contributed by atoms with Gasteiger partial charge in [-0.2, -0.15) is 0 Å². The second-order valence-corrected chi connectivity index (χ2v) is 3.95. The Hall–Kier alpha value is -2.15. The Morgan fingerprint density at radius 3 is 2.74 bits per heavy atom. The number of nitrogens with two attached hydrogens (primary N) is 1. The van der Waals surface area contributed by atoms with Crippen LogP contribution in [0.5, 0.6) is 5.75 Å². The van der Waals surface area contributed by atoms with Crippen LogP contribution in [0.25, 0.3) is 0 Å². The maximum absolute atomic E-state index is 10.8. The molecule has 7 nitrogen and oxygen atoms in total. The van der Waals surface area contributed by atoms with Crippen molar-refractivity contribution in [2.24, 2.45) is 5.84 Å². The predicted molar refractivity (Wildman–Crippen MR) is 69.4 cm³/mol. The predicted octanol–water partition coefficient (Wildman–Crippen LogP) is 1.52. The summed E-state index contributed by atoms with van der Waals surface area (Å²) in [7, 11) is 0. The van der Waals surface area contributed by atoms with E-state index in [1.165, 1.54) is 6.07 Å². The van der Waals surface area contributed by atoms with Crippen molar-refractivity contribution >= 4 is 11.6 Å². The lowest BCUT2D eigenvalue weighted by Crippen LogP contribution is -2.29. The second kappa shape index (κ2) is 8.04. The van der Waals surface area contributed by atoms with E-state index in [-0.39, 0.29) is 17.3 Å². The Morgan fingerprint density at radius 1 is 1.32 bits per heavy atom. The average molecular weight is 267 g/mol. The lowest BCUT2D eigenvalue weighted by atomic mass is 10.2. The van der Waals surface area contributed by atoms with E-state index in [1.54, 1.807) is 18.2 Å². The number of para-hydroxylation sites is 2. The van der Waals surface area contributed by atoms with Gasteiger partial charge in [0.05, 0.1) is 11.5 Å². The van der Waals surface area contributed by atoms with Crippen LogP contribution in [0.2, 0.25) is 0 Å². The minimum atomic E-state index is -0.471. The minimum absolute atomic E-state index is 0.0370. The van der Waals surface area contributed by atoms with E-state index in [0.29, 0.717) is 19.4 Å². The molecule has 3 N–H and O–H groups in total. The van der Waals surface area contributed by atoms with Gasteiger partial charge in [-0.3, -0.25) is 20.3 Å². The van der Waals surface area contributed by atoms with E-state index in [1.807, 2.05) is 0 Å². The molecule has 7 heteroatoms. The molecule has 19 heavy (non-hydrogen) atoms. The first kappa shape index (κ1) is 14.9.